The van der Waals surface area contributed by atoms with E-state index >= 15 is 0 Å². The summed E-state index contributed by atoms with van der Waals surface area (Å²) in [4.78, 5) is 12.1. The van der Waals surface area contributed by atoms with Crippen LogP contribution in [0, 0.1) is 5.82 Å². The summed E-state index contributed by atoms with van der Waals surface area (Å²) in [6.45, 7) is 1.58. The van der Waals surface area contributed by atoms with E-state index in [1.54, 1.807) is 31.2 Å². The molecule has 0 saturated heterocycles. The van der Waals surface area contributed by atoms with Crippen LogP contribution in [0.25, 0.3) is 0 Å². The van der Waals surface area contributed by atoms with Gasteiger partial charge in [-0.25, -0.2) is 12.8 Å². The number of carbonyl (C=O) groups is 1. The Bertz CT molecular complexity index is 836. The van der Waals surface area contributed by atoms with Gasteiger partial charge in [0, 0.05) is 12.7 Å². The molecule has 0 bridgehead atoms. The monoisotopic (exact) mass is 366 g/mol. The van der Waals surface area contributed by atoms with E-state index in [9.17, 15) is 17.6 Å². The van der Waals surface area contributed by atoms with E-state index in [-0.39, 0.29) is 11.7 Å². The normalized spacial score (nSPS) is 12.3. The first kappa shape index (κ1) is 18.7. The van der Waals surface area contributed by atoms with Crippen LogP contribution in [0.2, 0.25) is 0 Å². The second-order valence-corrected chi connectivity index (χ2v) is 7.49. The zero-order valence-electron chi connectivity index (χ0n) is 14.1. The molecule has 0 aliphatic rings. The van der Waals surface area contributed by atoms with Crippen molar-refractivity contribution in [2.24, 2.45) is 0 Å². The van der Waals surface area contributed by atoms with Gasteiger partial charge in [-0.3, -0.25) is 9.10 Å². The maximum atomic E-state index is 12.9. The average Bonchev–Trinajstić information content (AvgIpc) is 2.56. The maximum Gasteiger partial charge on any atom is 0.265 e. The number of carbonyl (C=O) groups excluding carboxylic acids is 1. The molecule has 1 N–H and O–H groups in total. The fourth-order valence-corrected chi connectivity index (χ4v) is 2.47. The number of nitrogens with one attached hydrogen (secondary N) is 1. The smallest absolute Gasteiger partial charge is 0.265 e. The fourth-order valence-electron chi connectivity index (χ4n) is 1.96. The number of amides is 1. The summed E-state index contributed by atoms with van der Waals surface area (Å²) in [5.41, 5.74) is 0.949. The van der Waals surface area contributed by atoms with Crippen LogP contribution in [0.4, 0.5) is 15.8 Å². The van der Waals surface area contributed by atoms with Crippen LogP contribution in [0.15, 0.2) is 48.5 Å². The minimum Gasteiger partial charge on any atom is -0.481 e. The topological polar surface area (TPSA) is 75.7 Å². The number of sulfonamides is 1. The third-order valence-corrected chi connectivity index (χ3v) is 4.70. The molecule has 0 spiro atoms. The number of nitrogens with zero attached hydrogens (tertiary/aromatic N) is 1. The molecule has 0 fully saturated rings. The van der Waals surface area contributed by atoms with E-state index in [2.05, 4.69) is 5.32 Å². The molecule has 8 heteroatoms. The lowest BCUT2D eigenvalue weighted by Gasteiger charge is -2.18. The first-order valence-electron chi connectivity index (χ1n) is 7.44. The highest BCUT2D eigenvalue weighted by Gasteiger charge is 2.16. The van der Waals surface area contributed by atoms with E-state index in [1.807, 2.05) is 0 Å². The summed E-state index contributed by atoms with van der Waals surface area (Å²) < 4.78 is 42.5. The molecule has 25 heavy (non-hydrogen) atoms. The van der Waals surface area contributed by atoms with Crippen molar-refractivity contribution in [3.63, 3.8) is 0 Å². The van der Waals surface area contributed by atoms with E-state index in [1.165, 1.54) is 31.3 Å². The van der Waals surface area contributed by atoms with Crippen molar-refractivity contribution in [3.05, 3.63) is 54.3 Å². The molecular formula is C17H19FN2O4S. The second-order valence-electron chi connectivity index (χ2n) is 5.48. The molecule has 0 radical (unpaired) electrons. The lowest BCUT2D eigenvalue weighted by Crippen LogP contribution is -2.30. The van der Waals surface area contributed by atoms with Gasteiger partial charge in [0.2, 0.25) is 10.0 Å². The minimum atomic E-state index is -3.34. The van der Waals surface area contributed by atoms with Gasteiger partial charge in [0.1, 0.15) is 11.6 Å². The van der Waals surface area contributed by atoms with Gasteiger partial charge in [-0.1, -0.05) is 0 Å². The first-order valence-corrected chi connectivity index (χ1v) is 9.28. The Morgan fingerprint density at radius 2 is 1.68 bits per heavy atom. The summed E-state index contributed by atoms with van der Waals surface area (Å²) in [6, 6.07) is 11.7. The van der Waals surface area contributed by atoms with Crippen LogP contribution in [0.3, 0.4) is 0 Å². The number of anilines is 2. The number of halogens is 1. The maximum absolute atomic E-state index is 12.9. The Morgan fingerprint density at radius 1 is 1.12 bits per heavy atom. The molecule has 2 aromatic rings. The molecule has 2 rings (SSSR count). The molecule has 1 amide bonds. The second kappa shape index (κ2) is 7.52. The van der Waals surface area contributed by atoms with Crippen LogP contribution >= 0.6 is 0 Å². The van der Waals surface area contributed by atoms with Crippen LogP contribution in [0.5, 0.6) is 5.75 Å². The van der Waals surface area contributed by atoms with E-state index < -0.39 is 16.1 Å². The third-order valence-electron chi connectivity index (χ3n) is 3.49. The van der Waals surface area contributed by atoms with Crippen molar-refractivity contribution in [2.45, 2.75) is 13.0 Å². The van der Waals surface area contributed by atoms with Gasteiger partial charge >= 0.3 is 0 Å². The Balaban J connectivity index is 1.99. The lowest BCUT2D eigenvalue weighted by molar-refractivity contribution is -0.122. The molecule has 1 atom stereocenters. The molecule has 0 aliphatic heterocycles. The SMILES string of the molecule is CC(Oc1ccc(N(C)S(C)(=O)=O)cc1)C(=O)Nc1ccc(F)cc1. The predicted octanol–water partition coefficient (Wildman–Crippen LogP) is 2.63. The van der Waals surface area contributed by atoms with Crippen LogP contribution in [-0.2, 0) is 14.8 Å². The fraction of sp³-hybridized carbons (Fsp3) is 0.235. The van der Waals surface area contributed by atoms with Gasteiger partial charge < -0.3 is 10.1 Å². The van der Waals surface area contributed by atoms with E-state index in [0.29, 0.717) is 17.1 Å². The Kier molecular flexibility index (Phi) is 5.63. The van der Waals surface area contributed by atoms with Gasteiger partial charge in [0.15, 0.2) is 6.10 Å². The standard InChI is InChI=1S/C17H19FN2O4S/c1-12(17(21)19-14-6-4-13(18)5-7-14)24-16-10-8-15(9-11-16)20(2)25(3,22)23/h4-12H,1-3H3,(H,19,21). The third kappa shape index (κ3) is 5.18. The molecule has 6 nitrogen and oxygen atoms in total. The predicted molar refractivity (Wildman–Crippen MR) is 94.8 cm³/mol. The van der Waals surface area contributed by atoms with Crippen molar-refractivity contribution in [1.82, 2.24) is 0 Å². The molecule has 1 unspecified atom stereocenters. The molecule has 0 heterocycles. The molecule has 134 valence electrons. The zero-order valence-corrected chi connectivity index (χ0v) is 14.9. The number of ether oxygens (including phenoxy) is 1. The van der Waals surface area contributed by atoms with Gasteiger partial charge in [0.05, 0.1) is 11.9 Å². The quantitative estimate of drug-likeness (QED) is 0.853. The number of hydrogen-bond donors (Lipinski definition) is 1. The summed E-state index contributed by atoms with van der Waals surface area (Å²) >= 11 is 0. The Labute approximate surface area is 146 Å². The highest BCUT2D eigenvalue weighted by molar-refractivity contribution is 7.92. The number of hydrogen-bond acceptors (Lipinski definition) is 4. The van der Waals surface area contributed by atoms with Crippen LogP contribution in [0.1, 0.15) is 6.92 Å². The van der Waals surface area contributed by atoms with Gasteiger partial charge in [-0.05, 0) is 55.5 Å². The van der Waals surface area contributed by atoms with Crippen LogP contribution < -0.4 is 14.4 Å². The Morgan fingerprint density at radius 3 is 2.20 bits per heavy atom. The van der Waals surface area contributed by atoms with E-state index in [0.717, 1.165) is 10.6 Å². The summed E-state index contributed by atoms with van der Waals surface area (Å²) in [5, 5.41) is 2.62. The molecule has 2 aromatic carbocycles. The number of benzene rings is 2. The summed E-state index contributed by atoms with van der Waals surface area (Å²) in [7, 11) is -1.89. The lowest BCUT2D eigenvalue weighted by atomic mass is 10.2. The van der Waals surface area contributed by atoms with E-state index in [4.69, 9.17) is 4.74 Å². The van der Waals surface area contributed by atoms with Crippen LogP contribution in [-0.4, -0.2) is 33.7 Å². The van der Waals surface area contributed by atoms with Crippen molar-refractivity contribution in [2.75, 3.05) is 22.9 Å². The largest absolute Gasteiger partial charge is 0.481 e. The highest BCUT2D eigenvalue weighted by Crippen LogP contribution is 2.21. The average molecular weight is 366 g/mol. The molecule has 0 aliphatic carbocycles. The van der Waals surface area contributed by atoms with Crippen molar-refractivity contribution >= 4 is 27.3 Å². The minimum absolute atomic E-state index is 0.385. The summed E-state index contributed by atoms with van der Waals surface area (Å²) in [5.74, 6) is -0.349. The zero-order chi connectivity index (χ0) is 18.6. The van der Waals surface area contributed by atoms with Crippen molar-refractivity contribution in [1.29, 1.82) is 0 Å². The summed E-state index contributed by atoms with van der Waals surface area (Å²) in [6.07, 6.45) is 0.322. The van der Waals surface area contributed by atoms with Crippen molar-refractivity contribution < 1.29 is 22.3 Å². The first-order chi connectivity index (χ1) is 11.7. The number of rotatable bonds is 6. The van der Waals surface area contributed by atoms with Crippen molar-refractivity contribution in [3.8, 4) is 5.75 Å². The Hall–Kier alpha value is -2.61. The van der Waals surface area contributed by atoms with Gasteiger partial charge in [-0.2, -0.15) is 0 Å². The molecule has 0 aromatic heterocycles. The molecular weight excluding hydrogens is 347 g/mol. The van der Waals surface area contributed by atoms with Gasteiger partial charge in [0.25, 0.3) is 5.91 Å². The van der Waals surface area contributed by atoms with Gasteiger partial charge in [-0.15, -0.1) is 0 Å². The highest BCUT2D eigenvalue weighted by atomic mass is 32.2. The molecule has 0 saturated carbocycles.